The standard InChI is InChI=1S/C13H15ClN2O/c1-3-13(17)16-6-9-5-10-11(14)7-15-12(10)4-8(9)2/h4-5,7,15H,3,6H2,1-2H3,(H,16,17). The predicted octanol–water partition coefficient (Wildman–Crippen LogP) is 3.16. The lowest BCUT2D eigenvalue weighted by Gasteiger charge is -2.08. The summed E-state index contributed by atoms with van der Waals surface area (Å²) in [4.78, 5) is 14.3. The second-order valence-corrected chi connectivity index (χ2v) is 4.50. The Morgan fingerprint density at radius 2 is 2.24 bits per heavy atom. The summed E-state index contributed by atoms with van der Waals surface area (Å²) in [7, 11) is 0. The number of nitrogens with one attached hydrogen (secondary N) is 2. The topological polar surface area (TPSA) is 44.9 Å². The van der Waals surface area contributed by atoms with Crippen molar-refractivity contribution in [3.63, 3.8) is 0 Å². The van der Waals surface area contributed by atoms with Gasteiger partial charge >= 0.3 is 0 Å². The van der Waals surface area contributed by atoms with Crippen molar-refractivity contribution in [3.8, 4) is 0 Å². The number of aromatic nitrogens is 1. The van der Waals surface area contributed by atoms with E-state index in [-0.39, 0.29) is 5.91 Å². The molecule has 3 nitrogen and oxygen atoms in total. The molecule has 2 rings (SSSR count). The van der Waals surface area contributed by atoms with E-state index in [1.807, 2.05) is 19.9 Å². The number of hydrogen-bond acceptors (Lipinski definition) is 1. The van der Waals surface area contributed by atoms with Crippen LogP contribution in [0.5, 0.6) is 0 Å². The average molecular weight is 251 g/mol. The van der Waals surface area contributed by atoms with Gasteiger partial charge in [0.15, 0.2) is 0 Å². The number of carbonyl (C=O) groups is 1. The molecule has 0 aliphatic rings. The maximum atomic E-state index is 11.2. The highest BCUT2D eigenvalue weighted by atomic mass is 35.5. The normalized spacial score (nSPS) is 10.8. The van der Waals surface area contributed by atoms with Crippen molar-refractivity contribution >= 4 is 28.4 Å². The summed E-state index contributed by atoms with van der Waals surface area (Å²) < 4.78 is 0. The monoisotopic (exact) mass is 250 g/mol. The Labute approximate surface area is 105 Å². The molecule has 2 N–H and O–H groups in total. The second kappa shape index (κ2) is 4.80. The Kier molecular flexibility index (Phi) is 3.38. The van der Waals surface area contributed by atoms with Crippen LogP contribution in [0.1, 0.15) is 24.5 Å². The van der Waals surface area contributed by atoms with Crippen molar-refractivity contribution in [2.45, 2.75) is 26.8 Å². The summed E-state index contributed by atoms with van der Waals surface area (Å²) in [5.41, 5.74) is 3.27. The van der Waals surface area contributed by atoms with Gasteiger partial charge in [-0.25, -0.2) is 0 Å². The SMILES string of the molecule is CCC(=O)NCc1cc2c(Cl)c[nH]c2cc1C. The third-order valence-electron chi connectivity index (χ3n) is 2.88. The van der Waals surface area contributed by atoms with Gasteiger partial charge in [0.25, 0.3) is 0 Å². The Bertz CT molecular complexity index is 560. The van der Waals surface area contributed by atoms with Crippen LogP contribution in [-0.4, -0.2) is 10.9 Å². The Balaban J connectivity index is 2.30. The maximum Gasteiger partial charge on any atom is 0.219 e. The first kappa shape index (κ1) is 12.0. The van der Waals surface area contributed by atoms with Crippen LogP contribution in [0.2, 0.25) is 5.02 Å². The van der Waals surface area contributed by atoms with E-state index in [0.29, 0.717) is 18.0 Å². The Morgan fingerprint density at radius 3 is 2.94 bits per heavy atom. The third-order valence-corrected chi connectivity index (χ3v) is 3.20. The molecule has 0 aliphatic carbocycles. The highest BCUT2D eigenvalue weighted by Gasteiger charge is 2.06. The fourth-order valence-corrected chi connectivity index (χ4v) is 2.01. The molecule has 1 aromatic carbocycles. The number of carbonyl (C=O) groups excluding carboxylic acids is 1. The van der Waals surface area contributed by atoms with Crippen molar-refractivity contribution in [1.82, 2.24) is 10.3 Å². The van der Waals surface area contributed by atoms with Gasteiger partial charge in [0.2, 0.25) is 5.91 Å². The number of H-pyrrole nitrogens is 1. The molecule has 1 amide bonds. The quantitative estimate of drug-likeness (QED) is 0.864. The van der Waals surface area contributed by atoms with Crippen LogP contribution in [0.25, 0.3) is 10.9 Å². The molecule has 2 aromatic rings. The molecular formula is C13H15ClN2O. The van der Waals surface area contributed by atoms with E-state index >= 15 is 0 Å². The number of amides is 1. The molecule has 0 saturated heterocycles. The van der Waals surface area contributed by atoms with E-state index in [4.69, 9.17) is 11.6 Å². The Morgan fingerprint density at radius 1 is 1.47 bits per heavy atom. The highest BCUT2D eigenvalue weighted by Crippen LogP contribution is 2.26. The third kappa shape index (κ3) is 2.44. The summed E-state index contributed by atoms with van der Waals surface area (Å²) in [6.07, 6.45) is 2.28. The van der Waals surface area contributed by atoms with Crippen molar-refractivity contribution in [1.29, 1.82) is 0 Å². The van der Waals surface area contributed by atoms with Crippen molar-refractivity contribution in [3.05, 3.63) is 34.5 Å². The molecule has 4 heteroatoms. The molecule has 0 saturated carbocycles. The van der Waals surface area contributed by atoms with E-state index in [1.165, 1.54) is 0 Å². The van der Waals surface area contributed by atoms with Crippen molar-refractivity contribution in [2.24, 2.45) is 0 Å². The van der Waals surface area contributed by atoms with E-state index < -0.39 is 0 Å². The molecule has 0 spiro atoms. The first-order valence-corrected chi connectivity index (χ1v) is 6.02. The minimum Gasteiger partial charge on any atom is -0.360 e. The van der Waals surface area contributed by atoms with Gasteiger partial charge in [-0.2, -0.15) is 0 Å². The lowest BCUT2D eigenvalue weighted by atomic mass is 10.1. The van der Waals surface area contributed by atoms with E-state index in [9.17, 15) is 4.79 Å². The van der Waals surface area contributed by atoms with Crippen molar-refractivity contribution in [2.75, 3.05) is 0 Å². The smallest absolute Gasteiger partial charge is 0.219 e. The summed E-state index contributed by atoms with van der Waals surface area (Å²) >= 11 is 6.07. The summed E-state index contributed by atoms with van der Waals surface area (Å²) in [5, 5.41) is 4.58. The fourth-order valence-electron chi connectivity index (χ4n) is 1.80. The van der Waals surface area contributed by atoms with Gasteiger partial charge in [0.05, 0.1) is 5.02 Å². The lowest BCUT2D eigenvalue weighted by Crippen LogP contribution is -2.21. The molecule has 0 unspecified atom stereocenters. The number of fused-ring (bicyclic) bond motifs is 1. The van der Waals surface area contributed by atoms with E-state index in [1.54, 1.807) is 6.20 Å². The van der Waals surface area contributed by atoms with Gasteiger partial charge in [0.1, 0.15) is 0 Å². The van der Waals surface area contributed by atoms with Crippen molar-refractivity contribution < 1.29 is 4.79 Å². The van der Waals surface area contributed by atoms with Gasteiger partial charge in [0, 0.05) is 30.1 Å². The van der Waals surface area contributed by atoms with Gasteiger partial charge in [-0.3, -0.25) is 4.79 Å². The minimum absolute atomic E-state index is 0.0599. The molecule has 0 atom stereocenters. The molecule has 0 fully saturated rings. The van der Waals surface area contributed by atoms with Crippen LogP contribution in [0.3, 0.4) is 0 Å². The fraction of sp³-hybridized carbons (Fsp3) is 0.308. The minimum atomic E-state index is 0.0599. The zero-order valence-electron chi connectivity index (χ0n) is 9.93. The van der Waals surface area contributed by atoms with E-state index in [0.717, 1.165) is 22.0 Å². The van der Waals surface area contributed by atoms with Gasteiger partial charge < -0.3 is 10.3 Å². The average Bonchev–Trinajstić information content (AvgIpc) is 2.67. The Hall–Kier alpha value is -1.48. The molecule has 0 radical (unpaired) electrons. The largest absolute Gasteiger partial charge is 0.360 e. The first-order valence-electron chi connectivity index (χ1n) is 5.64. The first-order chi connectivity index (χ1) is 8.11. The molecule has 0 aliphatic heterocycles. The highest BCUT2D eigenvalue weighted by molar-refractivity contribution is 6.35. The van der Waals surface area contributed by atoms with Crippen LogP contribution in [0.15, 0.2) is 18.3 Å². The number of hydrogen-bond donors (Lipinski definition) is 2. The molecule has 1 aromatic heterocycles. The van der Waals surface area contributed by atoms with Crippen LogP contribution in [0.4, 0.5) is 0 Å². The zero-order valence-corrected chi connectivity index (χ0v) is 10.7. The van der Waals surface area contributed by atoms with Crippen LogP contribution >= 0.6 is 11.6 Å². The zero-order chi connectivity index (χ0) is 12.4. The number of aryl methyl sites for hydroxylation is 1. The van der Waals surface area contributed by atoms with Gasteiger partial charge in [-0.15, -0.1) is 0 Å². The summed E-state index contributed by atoms with van der Waals surface area (Å²) in [6.45, 7) is 4.42. The molecular weight excluding hydrogens is 236 g/mol. The molecule has 0 bridgehead atoms. The number of rotatable bonds is 3. The van der Waals surface area contributed by atoms with Crippen LogP contribution in [0, 0.1) is 6.92 Å². The molecule has 90 valence electrons. The predicted molar refractivity (Wildman–Crippen MR) is 70.2 cm³/mol. The van der Waals surface area contributed by atoms with Crippen LogP contribution < -0.4 is 5.32 Å². The van der Waals surface area contributed by atoms with Crippen LogP contribution in [-0.2, 0) is 11.3 Å². The maximum absolute atomic E-state index is 11.2. The van der Waals surface area contributed by atoms with E-state index in [2.05, 4.69) is 16.4 Å². The number of halogens is 1. The lowest BCUT2D eigenvalue weighted by molar-refractivity contribution is -0.120. The summed E-state index contributed by atoms with van der Waals surface area (Å²) in [5.74, 6) is 0.0599. The number of benzene rings is 1. The summed E-state index contributed by atoms with van der Waals surface area (Å²) in [6, 6.07) is 4.08. The van der Waals surface area contributed by atoms with Gasteiger partial charge in [-0.1, -0.05) is 18.5 Å². The molecule has 17 heavy (non-hydrogen) atoms. The number of aromatic amines is 1. The second-order valence-electron chi connectivity index (χ2n) is 4.09. The molecule has 1 heterocycles. The van der Waals surface area contributed by atoms with Gasteiger partial charge in [-0.05, 0) is 30.2 Å².